The third kappa shape index (κ3) is 6.15. The van der Waals surface area contributed by atoms with Crippen molar-refractivity contribution in [3.63, 3.8) is 0 Å². The number of anilines is 3. The molecule has 2 nitrogen and oxygen atoms in total. The minimum atomic E-state index is -0.235. The first-order valence-corrected chi connectivity index (χ1v) is 23.3. The topological polar surface area (TPSA) is 8.17 Å². The minimum absolute atomic E-state index is 0.235. The van der Waals surface area contributed by atoms with Crippen LogP contribution in [0.3, 0.4) is 0 Å². The summed E-state index contributed by atoms with van der Waals surface area (Å²) in [6.07, 6.45) is 15.1. The number of para-hydroxylation sites is 2. The molecule has 65 heavy (non-hydrogen) atoms. The third-order valence-corrected chi connectivity index (χ3v) is 14.4. The summed E-state index contributed by atoms with van der Waals surface area (Å²) in [6.45, 7) is 4.69. The molecule has 1 unspecified atom stereocenters. The zero-order chi connectivity index (χ0) is 43.5. The number of aromatic nitrogens is 1. The molecule has 0 saturated heterocycles. The van der Waals surface area contributed by atoms with Gasteiger partial charge in [-0.1, -0.05) is 172 Å². The van der Waals surface area contributed by atoms with E-state index >= 15 is 0 Å². The second-order valence-electron chi connectivity index (χ2n) is 17.8. The van der Waals surface area contributed by atoms with E-state index in [2.05, 4.69) is 248 Å². The van der Waals surface area contributed by atoms with Crippen molar-refractivity contribution in [2.24, 2.45) is 5.92 Å². The van der Waals surface area contributed by atoms with Crippen molar-refractivity contribution in [3.8, 4) is 39.1 Å². The predicted molar refractivity (Wildman–Crippen MR) is 275 cm³/mol. The Morgan fingerprint density at radius 2 is 1.18 bits per heavy atom. The van der Waals surface area contributed by atoms with Crippen molar-refractivity contribution >= 4 is 38.9 Å². The second-order valence-corrected chi connectivity index (χ2v) is 17.8. The van der Waals surface area contributed by atoms with Crippen LogP contribution >= 0.6 is 0 Å². The van der Waals surface area contributed by atoms with E-state index in [4.69, 9.17) is 0 Å². The maximum Gasteiger partial charge on any atom is 0.0541 e. The van der Waals surface area contributed by atoms with Gasteiger partial charge in [-0.25, -0.2) is 0 Å². The molecule has 0 fully saturated rings. The van der Waals surface area contributed by atoms with Crippen LogP contribution in [-0.2, 0) is 5.41 Å². The Balaban J connectivity index is 0.984. The van der Waals surface area contributed by atoms with Crippen molar-refractivity contribution in [3.05, 3.63) is 252 Å². The molecule has 312 valence electrons. The van der Waals surface area contributed by atoms with E-state index in [1.54, 1.807) is 0 Å². The Hall–Kier alpha value is -7.68. The Bertz CT molecular complexity index is 3400. The Morgan fingerprint density at radius 1 is 0.569 bits per heavy atom. The molecule has 3 aliphatic rings. The van der Waals surface area contributed by atoms with E-state index in [1.807, 2.05) is 0 Å². The fraction of sp³-hybridized carbons (Fsp3) is 0.111. The van der Waals surface area contributed by atoms with Crippen LogP contribution in [0.15, 0.2) is 241 Å². The summed E-state index contributed by atoms with van der Waals surface area (Å²) < 4.78 is 2.38. The number of allylic oxidation sites excluding steroid dienone is 8. The van der Waals surface area contributed by atoms with Gasteiger partial charge in [-0.3, -0.25) is 0 Å². The number of nitrogens with zero attached hydrogens (tertiary/aromatic N) is 2. The van der Waals surface area contributed by atoms with Gasteiger partial charge in [-0.05, 0) is 153 Å². The van der Waals surface area contributed by atoms with Gasteiger partial charge >= 0.3 is 0 Å². The molecule has 0 N–H and O–H groups in total. The van der Waals surface area contributed by atoms with Crippen LogP contribution in [0.1, 0.15) is 44.2 Å². The van der Waals surface area contributed by atoms with Gasteiger partial charge in [0.1, 0.15) is 0 Å². The van der Waals surface area contributed by atoms with E-state index in [0.717, 1.165) is 36.3 Å². The molecule has 12 rings (SSSR count). The normalized spacial score (nSPS) is 18.0. The molecule has 0 bridgehead atoms. The van der Waals surface area contributed by atoms with E-state index in [1.165, 1.54) is 88.7 Å². The summed E-state index contributed by atoms with van der Waals surface area (Å²) in [5.74, 6) is 0.299. The lowest BCUT2D eigenvalue weighted by molar-refractivity contribution is 0.501. The molecule has 2 heteroatoms. The number of hydrogen-bond acceptors (Lipinski definition) is 1. The maximum atomic E-state index is 2.47. The van der Waals surface area contributed by atoms with Crippen LogP contribution in [-0.4, -0.2) is 4.57 Å². The molecule has 0 amide bonds. The first-order valence-electron chi connectivity index (χ1n) is 23.3. The second kappa shape index (κ2) is 15.8. The summed E-state index contributed by atoms with van der Waals surface area (Å²) in [6, 6.07) is 71.8. The highest BCUT2D eigenvalue weighted by atomic mass is 15.1. The molecule has 8 aromatic carbocycles. The predicted octanol–water partition coefficient (Wildman–Crippen LogP) is 17.0. The van der Waals surface area contributed by atoms with Gasteiger partial charge in [0, 0.05) is 33.5 Å². The summed E-state index contributed by atoms with van der Waals surface area (Å²) in [4.78, 5) is 2.44. The molecule has 1 aromatic heterocycles. The molecule has 3 aliphatic carbocycles. The molecule has 1 heterocycles. The van der Waals surface area contributed by atoms with Gasteiger partial charge in [-0.15, -0.1) is 0 Å². The molecular weight excluding hydrogens is 785 g/mol. The van der Waals surface area contributed by atoms with Crippen LogP contribution < -0.4 is 4.90 Å². The summed E-state index contributed by atoms with van der Waals surface area (Å²) >= 11 is 0. The molecular formula is C63H50N2. The van der Waals surface area contributed by atoms with E-state index in [9.17, 15) is 0 Å². The number of fused-ring (bicyclic) bond motifs is 9. The lowest BCUT2D eigenvalue weighted by Crippen LogP contribution is -2.31. The third-order valence-electron chi connectivity index (χ3n) is 14.4. The highest BCUT2D eigenvalue weighted by molar-refractivity contribution is 6.10. The molecule has 9 aromatic rings. The van der Waals surface area contributed by atoms with Gasteiger partial charge in [0.2, 0.25) is 0 Å². The van der Waals surface area contributed by atoms with Crippen LogP contribution in [0.5, 0.6) is 0 Å². The number of rotatable bonds is 8. The lowest BCUT2D eigenvalue weighted by Gasteiger charge is -2.35. The van der Waals surface area contributed by atoms with E-state index in [-0.39, 0.29) is 5.41 Å². The highest BCUT2D eigenvalue weighted by Crippen LogP contribution is 2.65. The van der Waals surface area contributed by atoms with Crippen molar-refractivity contribution in [1.29, 1.82) is 0 Å². The summed E-state index contributed by atoms with van der Waals surface area (Å²) in [5, 5.41) is 2.51. The Kier molecular flexibility index (Phi) is 9.49. The van der Waals surface area contributed by atoms with Crippen molar-refractivity contribution < 1.29 is 0 Å². The smallest absolute Gasteiger partial charge is 0.0541 e. The van der Waals surface area contributed by atoms with Gasteiger partial charge in [0.25, 0.3) is 0 Å². The zero-order valence-corrected chi connectivity index (χ0v) is 37.0. The molecule has 0 radical (unpaired) electrons. The van der Waals surface area contributed by atoms with Crippen molar-refractivity contribution in [2.45, 2.75) is 38.5 Å². The maximum absolute atomic E-state index is 2.47. The van der Waals surface area contributed by atoms with Gasteiger partial charge in [-0.2, -0.15) is 0 Å². The largest absolute Gasteiger partial charge is 0.310 e. The van der Waals surface area contributed by atoms with Crippen LogP contribution in [0, 0.1) is 5.92 Å². The van der Waals surface area contributed by atoms with Crippen LogP contribution in [0.25, 0.3) is 60.9 Å². The zero-order valence-electron chi connectivity index (χ0n) is 37.0. The van der Waals surface area contributed by atoms with Gasteiger partial charge < -0.3 is 9.47 Å². The quantitative estimate of drug-likeness (QED) is 0.148. The average molecular weight is 835 g/mol. The summed E-state index contributed by atoms with van der Waals surface area (Å²) in [7, 11) is 0. The van der Waals surface area contributed by atoms with Gasteiger partial charge in [0.15, 0.2) is 0 Å². The first-order chi connectivity index (χ1) is 32.1. The molecule has 1 spiro atoms. The molecule has 0 saturated carbocycles. The highest BCUT2D eigenvalue weighted by Gasteiger charge is 2.55. The average Bonchev–Trinajstić information content (AvgIpc) is 3.95. The van der Waals surface area contributed by atoms with Crippen molar-refractivity contribution in [1.82, 2.24) is 4.57 Å². The van der Waals surface area contributed by atoms with E-state index in [0.29, 0.717) is 5.92 Å². The Labute approximate surface area is 382 Å². The number of hydrogen-bond donors (Lipinski definition) is 0. The van der Waals surface area contributed by atoms with Gasteiger partial charge in [0.05, 0.1) is 16.4 Å². The van der Waals surface area contributed by atoms with E-state index < -0.39 is 0 Å². The van der Waals surface area contributed by atoms with Crippen LogP contribution in [0.2, 0.25) is 0 Å². The molecule has 2 atom stereocenters. The monoisotopic (exact) mass is 834 g/mol. The first kappa shape index (κ1) is 39.0. The summed E-state index contributed by atoms with van der Waals surface area (Å²) in [5.41, 5.74) is 21.6. The SMILES string of the molecule is CC/C=C\C=C1\C2=C(C=CCC2)C2(c3ccccc3-c3cc(N(c4ccc(-c5ccccc5)cc4)c4ccc(-c5ccc6c(c5)c5ccccc5n6-c5ccccc5)cc4)ccc32)[C@@H]1C. The van der Waals surface area contributed by atoms with Crippen molar-refractivity contribution in [2.75, 3.05) is 4.90 Å². The molecule has 0 aliphatic heterocycles. The fourth-order valence-corrected chi connectivity index (χ4v) is 11.5. The standard InChI is InChI=1S/C63H50N2/c1-3-4-7-22-52-43(2)63(58-26-15-12-23-53(52)58)59-27-16-13-24-54(59)56-42-51(38-39-60(56)63)64(49-34-29-45(30-35-49)44-18-8-5-9-19-44)50-36-31-46(32-37-50)47-33-40-62-57(41-47)55-25-14-17-28-61(55)65(62)48-20-10-6-11-21-48/h4-11,13-22,24-43H,3,12,23H2,1-2H3/b7-4-,52-22+/t43-,63?/m1/s1. The van der Waals surface area contributed by atoms with Crippen LogP contribution in [0.4, 0.5) is 17.1 Å². The Morgan fingerprint density at radius 3 is 1.95 bits per heavy atom. The number of benzene rings is 8. The minimum Gasteiger partial charge on any atom is -0.310 e. The lowest BCUT2D eigenvalue weighted by atomic mass is 9.66. The fourth-order valence-electron chi connectivity index (χ4n) is 11.5.